The maximum atomic E-state index is 12.8. The number of nitro benzene ring substituents is 1. The Bertz CT molecular complexity index is 1700. The molecule has 4 aromatic rings. The molecule has 0 N–H and O–H groups in total. The second-order valence-corrected chi connectivity index (χ2v) is 12.5. The van der Waals surface area contributed by atoms with Gasteiger partial charge in [-0.1, -0.05) is 92.2 Å². The van der Waals surface area contributed by atoms with Crippen molar-refractivity contribution < 1.29 is 24.0 Å². The summed E-state index contributed by atoms with van der Waals surface area (Å²) in [5.74, 6) is 0.322. The van der Waals surface area contributed by atoms with Crippen molar-refractivity contribution in [2.45, 2.75) is 64.2 Å². The number of benzene rings is 4. The zero-order valence-electron chi connectivity index (χ0n) is 25.5. The van der Waals surface area contributed by atoms with E-state index in [4.69, 9.17) is 32.7 Å². The molecule has 0 spiro atoms. The zero-order valence-corrected chi connectivity index (χ0v) is 27.1. The van der Waals surface area contributed by atoms with Crippen LogP contribution >= 0.6 is 23.2 Å². The number of halogens is 2. The molecule has 1 saturated carbocycles. The molecule has 0 saturated heterocycles. The van der Waals surface area contributed by atoms with Crippen molar-refractivity contribution in [1.29, 1.82) is 0 Å². The highest BCUT2D eigenvalue weighted by Crippen LogP contribution is 2.38. The van der Waals surface area contributed by atoms with Crippen LogP contribution in [-0.4, -0.2) is 16.9 Å². The summed E-state index contributed by atoms with van der Waals surface area (Å²) in [6.07, 6.45) is 10.6. The number of rotatable bonds is 11. The highest BCUT2D eigenvalue weighted by Gasteiger charge is 2.22. The van der Waals surface area contributed by atoms with E-state index in [-0.39, 0.29) is 32.8 Å². The molecule has 0 heterocycles. The Morgan fingerprint density at radius 1 is 0.761 bits per heavy atom. The largest absolute Gasteiger partial charge is 0.423 e. The van der Waals surface area contributed by atoms with Crippen molar-refractivity contribution in [3.8, 4) is 22.6 Å². The lowest BCUT2D eigenvalue weighted by Crippen LogP contribution is -2.13. The maximum Gasteiger partial charge on any atom is 0.345 e. The smallest absolute Gasteiger partial charge is 0.345 e. The number of esters is 2. The predicted octanol–water partition coefficient (Wildman–Crippen LogP) is 10.9. The van der Waals surface area contributed by atoms with Gasteiger partial charge in [0.25, 0.3) is 5.69 Å². The number of carbonyl (C=O) groups is 2. The fourth-order valence-corrected chi connectivity index (χ4v) is 6.45. The van der Waals surface area contributed by atoms with Gasteiger partial charge in [0.05, 0.1) is 21.1 Å². The van der Waals surface area contributed by atoms with Crippen molar-refractivity contribution in [1.82, 2.24) is 0 Å². The quantitative estimate of drug-likeness (QED) is 0.0522. The summed E-state index contributed by atoms with van der Waals surface area (Å²) in [6.45, 7) is 2.26. The number of nitrogens with zero attached hydrogens (tertiary/aromatic N) is 1. The average Bonchev–Trinajstić information content (AvgIpc) is 3.05. The second-order valence-electron chi connectivity index (χ2n) is 11.7. The second kappa shape index (κ2) is 15.4. The maximum absolute atomic E-state index is 12.8. The van der Waals surface area contributed by atoms with Crippen LogP contribution in [0.5, 0.6) is 11.5 Å². The standard InChI is InChI=1S/C37H35Cl2NO6/c1-2-3-4-5-24-6-8-25(9-7-24)26-10-12-27(13-11-26)28-14-16-29(17-15-28)36(41)45-30-18-20-32(33(38)22-30)37(42)46-31-19-21-35(40(43)44)34(39)23-31/h10-25H,2-9H2,1H3. The first kappa shape index (κ1) is 33.2. The SMILES string of the molecule is CCCCCC1CCC(c2ccc(-c3ccc(C(=O)Oc4ccc(C(=O)Oc5ccc([N+](=O)[O-])c(Cl)c5)c(Cl)c4)cc3)cc2)CC1. The number of hydrogen-bond donors (Lipinski definition) is 0. The fourth-order valence-electron chi connectivity index (χ4n) is 5.97. The van der Waals surface area contributed by atoms with Crippen molar-refractivity contribution in [3.05, 3.63) is 122 Å². The van der Waals surface area contributed by atoms with E-state index >= 15 is 0 Å². The van der Waals surface area contributed by atoms with Crippen molar-refractivity contribution in [2.24, 2.45) is 5.92 Å². The molecule has 0 aliphatic heterocycles. The van der Waals surface area contributed by atoms with Crippen molar-refractivity contribution >= 4 is 40.8 Å². The van der Waals surface area contributed by atoms with E-state index in [2.05, 4.69) is 31.2 Å². The Kier molecular flexibility index (Phi) is 11.1. The summed E-state index contributed by atoms with van der Waals surface area (Å²) in [5.41, 5.74) is 3.57. The Morgan fingerprint density at radius 2 is 1.35 bits per heavy atom. The van der Waals surface area contributed by atoms with Crippen LogP contribution in [-0.2, 0) is 0 Å². The first-order valence-corrected chi connectivity index (χ1v) is 16.4. The summed E-state index contributed by atoms with van der Waals surface area (Å²) in [5, 5.41) is 10.8. The van der Waals surface area contributed by atoms with Crippen LogP contribution in [0.15, 0.2) is 84.9 Å². The normalized spacial score (nSPS) is 16.1. The first-order chi connectivity index (χ1) is 22.2. The predicted molar refractivity (Wildman–Crippen MR) is 180 cm³/mol. The lowest BCUT2D eigenvalue weighted by molar-refractivity contribution is -0.384. The molecule has 0 bridgehead atoms. The number of ether oxygens (including phenoxy) is 2. The fraction of sp³-hybridized carbons (Fsp3) is 0.297. The van der Waals surface area contributed by atoms with Crippen LogP contribution in [0.3, 0.4) is 0 Å². The summed E-state index contributed by atoms with van der Waals surface area (Å²) in [4.78, 5) is 35.8. The van der Waals surface area contributed by atoms with E-state index in [9.17, 15) is 19.7 Å². The monoisotopic (exact) mass is 659 g/mol. The van der Waals surface area contributed by atoms with E-state index in [1.807, 2.05) is 12.1 Å². The minimum absolute atomic E-state index is 0.00196. The lowest BCUT2D eigenvalue weighted by atomic mass is 9.77. The van der Waals surface area contributed by atoms with Crippen LogP contribution in [0.4, 0.5) is 5.69 Å². The zero-order chi connectivity index (χ0) is 32.6. The van der Waals surface area contributed by atoms with Gasteiger partial charge in [-0.25, -0.2) is 9.59 Å². The van der Waals surface area contributed by atoms with Crippen LogP contribution in [0.2, 0.25) is 10.0 Å². The van der Waals surface area contributed by atoms with E-state index in [0.29, 0.717) is 11.5 Å². The van der Waals surface area contributed by atoms with Crippen LogP contribution < -0.4 is 9.47 Å². The number of nitro groups is 1. The van der Waals surface area contributed by atoms with Crippen LogP contribution in [0.25, 0.3) is 11.1 Å². The van der Waals surface area contributed by atoms with E-state index in [0.717, 1.165) is 23.1 Å². The number of unbranched alkanes of at least 4 members (excludes halogenated alkanes) is 2. The van der Waals surface area contributed by atoms with Crippen LogP contribution in [0, 0.1) is 16.0 Å². The third-order valence-electron chi connectivity index (χ3n) is 8.60. The van der Waals surface area contributed by atoms with Gasteiger partial charge in [-0.2, -0.15) is 0 Å². The molecule has 0 amide bonds. The molecule has 5 rings (SSSR count). The number of hydrogen-bond acceptors (Lipinski definition) is 6. The van der Waals surface area contributed by atoms with Crippen molar-refractivity contribution in [2.75, 3.05) is 0 Å². The Morgan fingerprint density at radius 3 is 1.93 bits per heavy atom. The molecule has 0 atom stereocenters. The molecule has 46 heavy (non-hydrogen) atoms. The minimum Gasteiger partial charge on any atom is -0.423 e. The molecule has 9 heteroatoms. The molecule has 1 aliphatic carbocycles. The summed E-state index contributed by atoms with van der Waals surface area (Å²) in [6, 6.07) is 23.7. The Hall–Kier alpha value is -4.20. The molecule has 0 radical (unpaired) electrons. The van der Waals surface area contributed by atoms with Gasteiger partial charge in [-0.15, -0.1) is 0 Å². The highest BCUT2D eigenvalue weighted by molar-refractivity contribution is 6.34. The van der Waals surface area contributed by atoms with E-state index in [1.54, 1.807) is 12.1 Å². The molecular weight excluding hydrogens is 625 g/mol. The number of carbonyl (C=O) groups excluding carboxylic acids is 2. The van der Waals surface area contributed by atoms with Gasteiger partial charge in [0.1, 0.15) is 16.5 Å². The molecule has 4 aromatic carbocycles. The lowest BCUT2D eigenvalue weighted by Gasteiger charge is -2.29. The summed E-state index contributed by atoms with van der Waals surface area (Å²) < 4.78 is 10.7. The first-order valence-electron chi connectivity index (χ1n) is 15.6. The minimum atomic E-state index is -0.804. The third-order valence-corrected chi connectivity index (χ3v) is 9.21. The van der Waals surface area contributed by atoms with Gasteiger partial charge in [-0.05, 0) is 84.5 Å². The third kappa shape index (κ3) is 8.33. The average molecular weight is 661 g/mol. The Balaban J connectivity index is 1.15. The van der Waals surface area contributed by atoms with Gasteiger partial charge >= 0.3 is 11.9 Å². The van der Waals surface area contributed by atoms with Gasteiger partial charge in [-0.3, -0.25) is 10.1 Å². The topological polar surface area (TPSA) is 95.7 Å². The highest BCUT2D eigenvalue weighted by atomic mass is 35.5. The van der Waals surface area contributed by atoms with Crippen molar-refractivity contribution in [3.63, 3.8) is 0 Å². The molecule has 1 aliphatic rings. The molecule has 0 unspecified atom stereocenters. The summed E-state index contributed by atoms with van der Waals surface area (Å²) >= 11 is 12.2. The van der Waals surface area contributed by atoms with Gasteiger partial charge in [0.2, 0.25) is 0 Å². The van der Waals surface area contributed by atoms with Crippen LogP contribution in [0.1, 0.15) is 90.5 Å². The summed E-state index contributed by atoms with van der Waals surface area (Å²) in [7, 11) is 0. The molecule has 0 aromatic heterocycles. The molecule has 1 fully saturated rings. The van der Waals surface area contributed by atoms with Gasteiger partial charge < -0.3 is 9.47 Å². The molecule has 238 valence electrons. The molecular formula is C37H35Cl2NO6. The van der Waals surface area contributed by atoms with E-state index in [1.165, 1.54) is 87.3 Å². The molecule has 7 nitrogen and oxygen atoms in total. The van der Waals surface area contributed by atoms with E-state index < -0.39 is 16.9 Å². The van der Waals surface area contributed by atoms with Gasteiger partial charge in [0, 0.05) is 18.2 Å². The Labute approximate surface area is 278 Å². The van der Waals surface area contributed by atoms with Gasteiger partial charge in [0.15, 0.2) is 0 Å².